The van der Waals surface area contributed by atoms with Crippen LogP contribution < -0.4 is 5.73 Å². The van der Waals surface area contributed by atoms with Gasteiger partial charge in [0.15, 0.2) is 5.78 Å². The number of nitrogens with two attached hydrogens (primary N) is 1. The van der Waals surface area contributed by atoms with Crippen molar-refractivity contribution >= 4 is 23.3 Å². The number of fused-ring (bicyclic) bond motifs is 2. The topological polar surface area (TPSA) is 175 Å². The summed E-state index contributed by atoms with van der Waals surface area (Å²) in [5, 5.41) is 42.5. The molecule has 4 rings (SSSR count). The average Bonchev–Trinajstić information content (AvgIpc) is 2.63. The van der Waals surface area contributed by atoms with Crippen LogP contribution in [0.25, 0.3) is 0 Å². The molecular formula is C20H15NO8. The molecule has 9 nitrogen and oxygen atoms in total. The Labute approximate surface area is 163 Å². The SMILES string of the molecule is C[C@@]1(O)c2cccc(O)c2C(=O)C2=C(O)C3=C(C[C@@H]21)C(=O)C(=O)C(C(N)=O)=C3O. The molecule has 0 saturated carbocycles. The third kappa shape index (κ3) is 2.18. The lowest BCUT2D eigenvalue weighted by Crippen LogP contribution is -2.45. The Morgan fingerprint density at radius 3 is 2.34 bits per heavy atom. The van der Waals surface area contributed by atoms with Gasteiger partial charge in [0.1, 0.15) is 22.8 Å². The van der Waals surface area contributed by atoms with Gasteiger partial charge in [-0.1, -0.05) is 12.1 Å². The molecule has 0 radical (unpaired) electrons. The molecule has 0 aliphatic heterocycles. The molecule has 0 aromatic heterocycles. The molecule has 29 heavy (non-hydrogen) atoms. The van der Waals surface area contributed by atoms with Crippen molar-refractivity contribution in [2.45, 2.75) is 18.9 Å². The number of hydrogen-bond acceptors (Lipinski definition) is 8. The van der Waals surface area contributed by atoms with Crippen molar-refractivity contribution in [2.24, 2.45) is 11.7 Å². The van der Waals surface area contributed by atoms with E-state index in [2.05, 4.69) is 0 Å². The first-order valence-electron chi connectivity index (χ1n) is 8.58. The first kappa shape index (κ1) is 18.6. The monoisotopic (exact) mass is 397 g/mol. The van der Waals surface area contributed by atoms with Gasteiger partial charge in [0, 0.05) is 17.1 Å². The predicted molar refractivity (Wildman–Crippen MR) is 95.7 cm³/mol. The number of phenols is 1. The number of ketones is 3. The summed E-state index contributed by atoms with van der Waals surface area (Å²) in [6, 6.07) is 4.10. The third-order valence-corrected chi connectivity index (χ3v) is 5.72. The van der Waals surface area contributed by atoms with Crippen molar-refractivity contribution in [3.05, 3.63) is 63.1 Å². The van der Waals surface area contributed by atoms with Crippen LogP contribution in [-0.2, 0) is 20.0 Å². The standard InChI is InChI=1S/C20H15NO8/c1-20(29)7-3-2-4-9(22)11(7)17(26)12-8(20)5-6-10(15(12)24)16(25)13(19(21)28)18(27)14(6)23/h2-4,8,22,24-25,29H,5H2,1H3,(H2,21,28)/t8-,20+/m0/s1. The zero-order chi connectivity index (χ0) is 21.4. The highest BCUT2D eigenvalue weighted by molar-refractivity contribution is 6.55. The van der Waals surface area contributed by atoms with Gasteiger partial charge in [-0.2, -0.15) is 0 Å². The van der Waals surface area contributed by atoms with Crippen LogP contribution in [0, 0.1) is 5.92 Å². The summed E-state index contributed by atoms with van der Waals surface area (Å²) in [5.74, 6) is -8.08. The van der Waals surface area contributed by atoms with Crippen LogP contribution in [0.5, 0.6) is 5.75 Å². The molecule has 0 saturated heterocycles. The number of aliphatic hydroxyl groups is 3. The molecule has 0 unspecified atom stereocenters. The fourth-order valence-corrected chi connectivity index (χ4v) is 4.29. The second kappa shape index (κ2) is 5.65. The lowest BCUT2D eigenvalue weighted by atomic mass is 9.62. The lowest BCUT2D eigenvalue weighted by molar-refractivity contribution is -0.134. The van der Waals surface area contributed by atoms with Gasteiger partial charge < -0.3 is 26.2 Å². The molecule has 9 heteroatoms. The van der Waals surface area contributed by atoms with Gasteiger partial charge in [-0.25, -0.2) is 0 Å². The Morgan fingerprint density at radius 1 is 1.07 bits per heavy atom. The quantitative estimate of drug-likeness (QED) is 0.256. The van der Waals surface area contributed by atoms with Crippen molar-refractivity contribution in [2.75, 3.05) is 0 Å². The summed E-state index contributed by atoms with van der Waals surface area (Å²) in [5.41, 5.74) is 0.937. The average molecular weight is 397 g/mol. The van der Waals surface area contributed by atoms with Crippen molar-refractivity contribution < 1.29 is 39.6 Å². The highest BCUT2D eigenvalue weighted by Crippen LogP contribution is 2.52. The van der Waals surface area contributed by atoms with Crippen molar-refractivity contribution in [1.82, 2.24) is 0 Å². The Balaban J connectivity index is 2.05. The minimum atomic E-state index is -1.80. The van der Waals surface area contributed by atoms with Crippen LogP contribution in [0.2, 0.25) is 0 Å². The molecule has 1 aromatic carbocycles. The molecule has 148 valence electrons. The molecule has 3 aliphatic rings. The third-order valence-electron chi connectivity index (χ3n) is 5.72. The Hall–Kier alpha value is -3.72. The molecule has 6 N–H and O–H groups in total. The maximum atomic E-state index is 13.1. The van der Waals surface area contributed by atoms with E-state index in [9.17, 15) is 39.6 Å². The zero-order valence-corrected chi connectivity index (χ0v) is 15.0. The lowest BCUT2D eigenvalue weighted by Gasteiger charge is -2.43. The number of aromatic hydroxyl groups is 1. The van der Waals surface area contributed by atoms with Crippen LogP contribution in [0.1, 0.15) is 29.3 Å². The van der Waals surface area contributed by atoms with Crippen LogP contribution in [-0.4, -0.2) is 43.7 Å². The maximum absolute atomic E-state index is 13.1. The van der Waals surface area contributed by atoms with E-state index in [-0.39, 0.29) is 28.7 Å². The summed E-state index contributed by atoms with van der Waals surface area (Å²) >= 11 is 0. The molecule has 0 heterocycles. The van der Waals surface area contributed by atoms with Gasteiger partial charge in [0.25, 0.3) is 5.91 Å². The number of carbonyl (C=O) groups excluding carboxylic acids is 4. The van der Waals surface area contributed by atoms with Gasteiger partial charge in [0.2, 0.25) is 11.6 Å². The van der Waals surface area contributed by atoms with Crippen LogP contribution >= 0.6 is 0 Å². The van der Waals surface area contributed by atoms with Crippen LogP contribution in [0.3, 0.4) is 0 Å². The van der Waals surface area contributed by atoms with E-state index in [1.165, 1.54) is 25.1 Å². The highest BCUT2D eigenvalue weighted by atomic mass is 16.3. The van der Waals surface area contributed by atoms with E-state index < -0.39 is 63.2 Å². The molecule has 0 bridgehead atoms. The molecule has 0 spiro atoms. The normalized spacial score (nSPS) is 26.4. The number of phenolic OH excluding ortho intramolecular Hbond substituents is 1. The molecule has 1 amide bonds. The number of Topliss-reactive ketones (excluding diaryl/α,β-unsaturated/α-hetero) is 3. The number of benzene rings is 1. The summed E-state index contributed by atoms with van der Waals surface area (Å²) in [6.07, 6.45) is -0.358. The Bertz CT molecular complexity index is 1160. The number of allylic oxidation sites excluding steroid dienone is 1. The number of rotatable bonds is 1. The van der Waals surface area contributed by atoms with Crippen molar-refractivity contribution in [3.63, 3.8) is 0 Å². The summed E-state index contributed by atoms with van der Waals surface area (Å²) in [6.45, 7) is 1.35. The maximum Gasteiger partial charge on any atom is 0.256 e. The molecule has 0 fully saturated rings. The highest BCUT2D eigenvalue weighted by Gasteiger charge is 2.53. The number of amides is 1. The van der Waals surface area contributed by atoms with E-state index in [1.807, 2.05) is 0 Å². The molecule has 3 aliphatic carbocycles. The molecule has 2 atom stereocenters. The first-order chi connectivity index (χ1) is 13.5. The Morgan fingerprint density at radius 2 is 1.72 bits per heavy atom. The van der Waals surface area contributed by atoms with E-state index in [4.69, 9.17) is 5.73 Å². The van der Waals surface area contributed by atoms with E-state index in [1.54, 1.807) is 0 Å². The van der Waals surface area contributed by atoms with Crippen molar-refractivity contribution in [1.29, 1.82) is 0 Å². The van der Waals surface area contributed by atoms with Crippen LogP contribution in [0.15, 0.2) is 52.0 Å². The zero-order valence-electron chi connectivity index (χ0n) is 15.0. The number of carbonyl (C=O) groups is 4. The van der Waals surface area contributed by atoms with Gasteiger partial charge in [0.05, 0.1) is 16.7 Å². The summed E-state index contributed by atoms with van der Waals surface area (Å²) < 4.78 is 0. The summed E-state index contributed by atoms with van der Waals surface area (Å²) in [7, 11) is 0. The minimum Gasteiger partial charge on any atom is -0.507 e. The first-order valence-corrected chi connectivity index (χ1v) is 8.58. The largest absolute Gasteiger partial charge is 0.507 e. The fourth-order valence-electron chi connectivity index (χ4n) is 4.29. The second-order valence-electron chi connectivity index (χ2n) is 7.29. The van der Waals surface area contributed by atoms with Crippen molar-refractivity contribution in [3.8, 4) is 5.75 Å². The number of hydrogen-bond donors (Lipinski definition) is 5. The van der Waals surface area contributed by atoms with Gasteiger partial charge >= 0.3 is 0 Å². The number of aliphatic hydroxyl groups excluding tert-OH is 2. The number of primary amides is 1. The Kier molecular flexibility index (Phi) is 3.63. The van der Waals surface area contributed by atoms with E-state index in [0.717, 1.165) is 0 Å². The second-order valence-corrected chi connectivity index (χ2v) is 7.29. The van der Waals surface area contributed by atoms with Gasteiger partial charge in [-0.15, -0.1) is 0 Å². The minimum absolute atomic E-state index is 0.0975. The predicted octanol–water partition coefficient (Wildman–Crippen LogP) is 0.374. The molecular weight excluding hydrogens is 382 g/mol. The van der Waals surface area contributed by atoms with E-state index in [0.29, 0.717) is 0 Å². The molecule has 1 aromatic rings. The van der Waals surface area contributed by atoms with E-state index >= 15 is 0 Å². The fraction of sp³-hybridized carbons (Fsp3) is 0.200. The van der Waals surface area contributed by atoms with Gasteiger partial charge in [-0.05, 0) is 25.0 Å². The van der Waals surface area contributed by atoms with Gasteiger partial charge in [-0.3, -0.25) is 19.2 Å². The summed E-state index contributed by atoms with van der Waals surface area (Å²) in [4.78, 5) is 49.3. The van der Waals surface area contributed by atoms with Crippen LogP contribution in [0.4, 0.5) is 0 Å². The smallest absolute Gasteiger partial charge is 0.256 e.